The SMILES string of the molecule is CC(CN1CC2CCC1C2)(C(=O)O)c1ccccc1. The first-order valence-electron chi connectivity index (χ1n) is 7.12. The van der Waals surface area contributed by atoms with Crippen LogP contribution in [0.15, 0.2) is 30.3 Å². The monoisotopic (exact) mass is 259 g/mol. The summed E-state index contributed by atoms with van der Waals surface area (Å²) in [5.74, 6) is 0.0836. The van der Waals surface area contributed by atoms with E-state index in [1.54, 1.807) is 0 Å². The number of fused-ring (bicyclic) bond motifs is 2. The van der Waals surface area contributed by atoms with E-state index in [4.69, 9.17) is 0 Å². The predicted octanol–water partition coefficient (Wildman–Crippen LogP) is 2.51. The second-order valence-corrected chi connectivity index (χ2v) is 6.27. The van der Waals surface area contributed by atoms with Crippen LogP contribution in [0.1, 0.15) is 31.7 Å². The van der Waals surface area contributed by atoms with E-state index in [-0.39, 0.29) is 0 Å². The number of aliphatic carboxylic acids is 1. The molecule has 1 aliphatic carbocycles. The smallest absolute Gasteiger partial charge is 0.315 e. The Balaban J connectivity index is 1.83. The van der Waals surface area contributed by atoms with E-state index in [0.29, 0.717) is 12.6 Å². The van der Waals surface area contributed by atoms with Crippen molar-refractivity contribution in [2.45, 2.75) is 37.6 Å². The first-order chi connectivity index (χ1) is 9.09. The number of hydrogen-bond acceptors (Lipinski definition) is 2. The topological polar surface area (TPSA) is 40.5 Å². The molecule has 1 aromatic carbocycles. The molecule has 1 heterocycles. The Morgan fingerprint density at radius 3 is 2.63 bits per heavy atom. The van der Waals surface area contributed by atoms with Crippen LogP contribution in [-0.2, 0) is 10.2 Å². The number of piperidine rings is 1. The average molecular weight is 259 g/mol. The van der Waals surface area contributed by atoms with Crippen molar-refractivity contribution < 1.29 is 9.90 Å². The molecule has 2 bridgehead atoms. The van der Waals surface area contributed by atoms with E-state index in [1.807, 2.05) is 37.3 Å². The van der Waals surface area contributed by atoms with Gasteiger partial charge >= 0.3 is 5.97 Å². The number of hydrogen-bond donors (Lipinski definition) is 1. The minimum absolute atomic E-state index is 0.618. The summed E-state index contributed by atoms with van der Waals surface area (Å²) < 4.78 is 0. The molecule has 0 radical (unpaired) electrons. The number of benzene rings is 1. The molecule has 19 heavy (non-hydrogen) atoms. The van der Waals surface area contributed by atoms with Crippen molar-refractivity contribution in [3.8, 4) is 0 Å². The van der Waals surface area contributed by atoms with Crippen LogP contribution in [0.5, 0.6) is 0 Å². The largest absolute Gasteiger partial charge is 0.481 e. The van der Waals surface area contributed by atoms with Gasteiger partial charge in [0.2, 0.25) is 0 Å². The van der Waals surface area contributed by atoms with Gasteiger partial charge in [0.15, 0.2) is 0 Å². The normalized spacial score (nSPS) is 29.3. The second-order valence-electron chi connectivity index (χ2n) is 6.27. The number of carboxylic acid groups (broad SMARTS) is 1. The van der Waals surface area contributed by atoms with Crippen molar-refractivity contribution in [1.82, 2.24) is 4.90 Å². The molecule has 1 saturated carbocycles. The number of likely N-dealkylation sites (tertiary alicyclic amines) is 1. The van der Waals surface area contributed by atoms with Gasteiger partial charge in [-0.3, -0.25) is 9.69 Å². The van der Waals surface area contributed by atoms with Crippen LogP contribution >= 0.6 is 0 Å². The van der Waals surface area contributed by atoms with E-state index in [9.17, 15) is 9.90 Å². The Hall–Kier alpha value is -1.35. The Labute approximate surface area is 114 Å². The summed E-state index contributed by atoms with van der Waals surface area (Å²) in [7, 11) is 0. The standard InChI is InChI=1S/C16H21NO2/c1-16(15(18)19,13-5-3-2-4-6-13)11-17-10-12-7-8-14(17)9-12/h2-6,12,14H,7-11H2,1H3,(H,18,19). The van der Waals surface area contributed by atoms with Gasteiger partial charge in [-0.15, -0.1) is 0 Å². The molecule has 3 rings (SSSR count). The highest BCUT2D eigenvalue weighted by Gasteiger charge is 2.44. The van der Waals surface area contributed by atoms with Crippen molar-refractivity contribution in [1.29, 1.82) is 0 Å². The third kappa shape index (κ3) is 2.16. The van der Waals surface area contributed by atoms with Crippen LogP contribution in [0.25, 0.3) is 0 Å². The van der Waals surface area contributed by atoms with Gasteiger partial charge in [-0.2, -0.15) is 0 Å². The first kappa shape index (κ1) is 12.7. The number of carboxylic acids is 1. The third-order valence-corrected chi connectivity index (χ3v) is 4.92. The van der Waals surface area contributed by atoms with E-state index in [0.717, 1.165) is 18.0 Å². The fraction of sp³-hybridized carbons (Fsp3) is 0.562. The van der Waals surface area contributed by atoms with Crippen LogP contribution < -0.4 is 0 Å². The van der Waals surface area contributed by atoms with Gasteiger partial charge in [0.1, 0.15) is 5.41 Å². The van der Waals surface area contributed by atoms with Gasteiger partial charge in [-0.25, -0.2) is 0 Å². The van der Waals surface area contributed by atoms with Crippen molar-refractivity contribution in [2.75, 3.05) is 13.1 Å². The van der Waals surface area contributed by atoms with Gasteiger partial charge in [-0.05, 0) is 37.7 Å². The first-order valence-corrected chi connectivity index (χ1v) is 7.12. The van der Waals surface area contributed by atoms with Crippen LogP contribution in [0.4, 0.5) is 0 Å². The quantitative estimate of drug-likeness (QED) is 0.903. The van der Waals surface area contributed by atoms with Crippen molar-refractivity contribution in [3.05, 3.63) is 35.9 Å². The average Bonchev–Trinajstić information content (AvgIpc) is 3.01. The summed E-state index contributed by atoms with van der Waals surface area (Å²) in [5, 5.41) is 9.69. The Morgan fingerprint density at radius 2 is 2.11 bits per heavy atom. The van der Waals surface area contributed by atoms with E-state index in [2.05, 4.69) is 4.90 Å². The molecule has 0 amide bonds. The highest BCUT2D eigenvalue weighted by atomic mass is 16.4. The van der Waals surface area contributed by atoms with Gasteiger partial charge < -0.3 is 5.11 Å². The Morgan fingerprint density at radius 1 is 1.37 bits per heavy atom. The fourth-order valence-corrected chi connectivity index (χ4v) is 3.71. The minimum Gasteiger partial charge on any atom is -0.481 e. The molecule has 3 atom stereocenters. The second kappa shape index (κ2) is 4.64. The molecule has 2 fully saturated rings. The lowest BCUT2D eigenvalue weighted by molar-refractivity contribution is -0.144. The van der Waals surface area contributed by atoms with Crippen molar-refractivity contribution in [3.63, 3.8) is 0 Å². The molecule has 2 aliphatic rings. The van der Waals surface area contributed by atoms with E-state index in [1.165, 1.54) is 19.3 Å². The molecule has 3 heteroatoms. The van der Waals surface area contributed by atoms with E-state index < -0.39 is 11.4 Å². The van der Waals surface area contributed by atoms with E-state index >= 15 is 0 Å². The van der Waals surface area contributed by atoms with Crippen molar-refractivity contribution >= 4 is 5.97 Å². The number of carbonyl (C=O) groups is 1. The maximum Gasteiger partial charge on any atom is 0.315 e. The lowest BCUT2D eigenvalue weighted by atomic mass is 9.81. The van der Waals surface area contributed by atoms with Crippen molar-refractivity contribution in [2.24, 2.45) is 5.92 Å². The molecule has 1 aromatic rings. The van der Waals surface area contributed by atoms with Gasteiger partial charge in [-0.1, -0.05) is 30.3 Å². The number of nitrogens with zero attached hydrogens (tertiary/aromatic N) is 1. The Kier molecular flexibility index (Phi) is 3.09. The predicted molar refractivity (Wildman–Crippen MR) is 74.1 cm³/mol. The van der Waals surface area contributed by atoms with Crippen LogP contribution in [0, 0.1) is 5.92 Å². The third-order valence-electron chi connectivity index (χ3n) is 4.92. The van der Waals surface area contributed by atoms with Gasteiger partial charge in [0, 0.05) is 19.1 Å². The highest BCUT2D eigenvalue weighted by molar-refractivity contribution is 5.81. The summed E-state index contributed by atoms with van der Waals surface area (Å²) in [6, 6.07) is 10.3. The van der Waals surface area contributed by atoms with Crippen LogP contribution in [0.2, 0.25) is 0 Å². The summed E-state index contributed by atoms with van der Waals surface area (Å²) in [6.07, 6.45) is 3.84. The van der Waals surface area contributed by atoms with Gasteiger partial charge in [0.05, 0.1) is 0 Å². The summed E-state index contributed by atoms with van der Waals surface area (Å²) in [6.45, 7) is 3.57. The lowest BCUT2D eigenvalue weighted by Gasteiger charge is -2.35. The molecule has 0 spiro atoms. The maximum absolute atomic E-state index is 11.8. The molecule has 0 aromatic heterocycles. The summed E-state index contributed by atoms with van der Waals surface area (Å²) in [5.41, 5.74) is 0.108. The Bertz CT molecular complexity index is 473. The highest BCUT2D eigenvalue weighted by Crippen LogP contribution is 2.39. The summed E-state index contributed by atoms with van der Waals surface area (Å²) >= 11 is 0. The zero-order valence-electron chi connectivity index (χ0n) is 11.4. The van der Waals surface area contributed by atoms with Gasteiger partial charge in [0.25, 0.3) is 0 Å². The number of rotatable bonds is 4. The molecule has 1 saturated heterocycles. The molecule has 3 nitrogen and oxygen atoms in total. The van der Waals surface area contributed by atoms with Crippen LogP contribution in [0.3, 0.4) is 0 Å². The zero-order valence-corrected chi connectivity index (χ0v) is 11.4. The fourth-order valence-electron chi connectivity index (χ4n) is 3.71. The molecular formula is C16H21NO2. The molecule has 1 N–H and O–H groups in total. The zero-order chi connectivity index (χ0) is 13.5. The summed E-state index contributed by atoms with van der Waals surface area (Å²) in [4.78, 5) is 14.2. The molecule has 102 valence electrons. The lowest BCUT2D eigenvalue weighted by Crippen LogP contribution is -2.47. The minimum atomic E-state index is -0.800. The molecular weight excluding hydrogens is 238 g/mol. The van der Waals surface area contributed by atoms with Crippen LogP contribution in [-0.4, -0.2) is 35.1 Å². The molecule has 3 unspecified atom stereocenters. The molecule has 1 aliphatic heterocycles. The maximum atomic E-state index is 11.8.